The van der Waals surface area contributed by atoms with Crippen molar-refractivity contribution in [2.24, 2.45) is 0 Å². The highest BCUT2D eigenvalue weighted by Crippen LogP contribution is 2.28. The molecule has 166 valence electrons. The summed E-state index contributed by atoms with van der Waals surface area (Å²) in [6.07, 6.45) is -0.600. The normalized spacial score (nSPS) is 20.1. The van der Waals surface area contributed by atoms with E-state index in [0.29, 0.717) is 26.2 Å². The van der Waals surface area contributed by atoms with E-state index in [9.17, 15) is 22.4 Å². The molecule has 2 aliphatic heterocycles. The Labute approximate surface area is 174 Å². The number of nitrogens with zero attached hydrogens (tertiary/aromatic N) is 3. The number of cyclic esters (lactones) is 1. The van der Waals surface area contributed by atoms with Crippen molar-refractivity contribution in [2.45, 2.75) is 6.10 Å². The Hall–Kier alpha value is -2.44. The molecule has 30 heavy (non-hydrogen) atoms. The van der Waals surface area contributed by atoms with Crippen molar-refractivity contribution in [3.63, 3.8) is 0 Å². The van der Waals surface area contributed by atoms with Crippen molar-refractivity contribution in [1.29, 1.82) is 0 Å². The van der Waals surface area contributed by atoms with Crippen LogP contribution in [0.1, 0.15) is 0 Å². The summed E-state index contributed by atoms with van der Waals surface area (Å²) in [5, 5.41) is 0. The summed E-state index contributed by atoms with van der Waals surface area (Å²) in [6, 6.07) is 4.26. The van der Waals surface area contributed by atoms with Crippen molar-refractivity contribution in [3.05, 3.63) is 24.0 Å². The highest BCUT2D eigenvalue weighted by molar-refractivity contribution is 7.85. The number of carbonyl (C=O) groups excluding carboxylic acids is 2. The summed E-state index contributed by atoms with van der Waals surface area (Å²) in [4.78, 5) is 28.9. The highest BCUT2D eigenvalue weighted by atomic mass is 32.2. The van der Waals surface area contributed by atoms with E-state index in [1.54, 1.807) is 23.0 Å². The summed E-state index contributed by atoms with van der Waals surface area (Å²) >= 11 is 0. The number of amides is 2. The minimum absolute atomic E-state index is 0.0315. The first-order chi connectivity index (χ1) is 14.2. The highest BCUT2D eigenvalue weighted by Gasteiger charge is 2.34. The third-order valence-corrected chi connectivity index (χ3v) is 5.37. The predicted octanol–water partition coefficient (Wildman–Crippen LogP) is 0.422. The minimum Gasteiger partial charge on any atom is -0.441 e. The van der Waals surface area contributed by atoms with E-state index in [0.717, 1.165) is 6.26 Å². The minimum atomic E-state index is -3.66. The molecule has 0 unspecified atom stereocenters. The lowest BCUT2D eigenvalue weighted by molar-refractivity contribution is -0.131. The molecule has 1 atom stereocenters. The van der Waals surface area contributed by atoms with Crippen LogP contribution < -0.4 is 9.80 Å². The first-order valence-electron chi connectivity index (χ1n) is 9.31. The average molecular weight is 445 g/mol. The standard InChI is InChI=1S/C18H24FN3O7S/c1-27-8-7-20-5-6-21(11-17(20)23)16-4-3-13(9-15(16)19)22-10-14(29-18(22)24)12-28-30(2,25)26/h3-4,9,14H,5-8,10-12H2,1-2H3/t14-/m1/s1. The Morgan fingerprint density at radius 2 is 2.03 bits per heavy atom. The Morgan fingerprint density at radius 3 is 2.67 bits per heavy atom. The molecule has 1 aromatic rings. The van der Waals surface area contributed by atoms with Crippen LogP contribution in [0.5, 0.6) is 0 Å². The first-order valence-corrected chi connectivity index (χ1v) is 11.1. The first kappa shape index (κ1) is 22.2. The fourth-order valence-electron chi connectivity index (χ4n) is 3.29. The molecule has 2 heterocycles. The van der Waals surface area contributed by atoms with Crippen LogP contribution >= 0.6 is 0 Å². The molecular formula is C18H24FN3O7S. The average Bonchev–Trinajstić information content (AvgIpc) is 3.05. The van der Waals surface area contributed by atoms with Crippen LogP contribution in [-0.4, -0.2) is 90.7 Å². The van der Waals surface area contributed by atoms with Crippen molar-refractivity contribution in [1.82, 2.24) is 4.90 Å². The van der Waals surface area contributed by atoms with Gasteiger partial charge in [-0.1, -0.05) is 0 Å². The van der Waals surface area contributed by atoms with Gasteiger partial charge in [-0.05, 0) is 18.2 Å². The van der Waals surface area contributed by atoms with Gasteiger partial charge in [-0.3, -0.25) is 13.9 Å². The topological polar surface area (TPSA) is 106 Å². The van der Waals surface area contributed by atoms with Crippen LogP contribution in [0.3, 0.4) is 0 Å². The van der Waals surface area contributed by atoms with E-state index >= 15 is 0 Å². The van der Waals surface area contributed by atoms with Gasteiger partial charge in [-0.15, -0.1) is 0 Å². The molecule has 0 spiro atoms. The van der Waals surface area contributed by atoms with Crippen LogP contribution in [-0.2, 0) is 28.6 Å². The van der Waals surface area contributed by atoms with Crippen molar-refractivity contribution in [2.75, 3.05) is 69.1 Å². The molecule has 2 fully saturated rings. The lowest BCUT2D eigenvalue weighted by Crippen LogP contribution is -2.51. The van der Waals surface area contributed by atoms with Crippen LogP contribution in [0.4, 0.5) is 20.6 Å². The van der Waals surface area contributed by atoms with Gasteiger partial charge in [0, 0.05) is 26.7 Å². The van der Waals surface area contributed by atoms with Crippen LogP contribution in [0.25, 0.3) is 0 Å². The van der Waals surface area contributed by atoms with Gasteiger partial charge < -0.3 is 19.3 Å². The van der Waals surface area contributed by atoms with Gasteiger partial charge in [0.05, 0.1) is 37.3 Å². The maximum absolute atomic E-state index is 14.8. The second-order valence-corrected chi connectivity index (χ2v) is 8.68. The number of ether oxygens (including phenoxy) is 2. The van der Waals surface area contributed by atoms with Gasteiger partial charge >= 0.3 is 6.09 Å². The molecule has 0 aromatic heterocycles. The lowest BCUT2D eigenvalue weighted by atomic mass is 10.2. The zero-order valence-electron chi connectivity index (χ0n) is 16.7. The van der Waals surface area contributed by atoms with E-state index in [1.165, 1.54) is 17.0 Å². The number of anilines is 2. The van der Waals surface area contributed by atoms with Gasteiger partial charge in [0.15, 0.2) is 0 Å². The Morgan fingerprint density at radius 1 is 1.27 bits per heavy atom. The molecule has 12 heteroatoms. The Kier molecular flexibility index (Phi) is 6.78. The van der Waals surface area contributed by atoms with E-state index in [1.807, 2.05) is 0 Å². The number of halogens is 1. The molecule has 2 aliphatic rings. The molecule has 0 bridgehead atoms. The fraction of sp³-hybridized carbons (Fsp3) is 0.556. The summed E-state index contributed by atoms with van der Waals surface area (Å²) in [5.74, 6) is -0.687. The molecule has 0 N–H and O–H groups in total. The molecule has 2 saturated heterocycles. The van der Waals surface area contributed by atoms with E-state index in [2.05, 4.69) is 4.18 Å². The van der Waals surface area contributed by atoms with Gasteiger partial charge in [0.25, 0.3) is 10.1 Å². The zero-order valence-corrected chi connectivity index (χ0v) is 17.6. The summed E-state index contributed by atoms with van der Waals surface area (Å²) < 4.78 is 51.7. The van der Waals surface area contributed by atoms with E-state index in [-0.39, 0.29) is 37.0 Å². The monoisotopic (exact) mass is 445 g/mol. The Bertz CT molecular complexity index is 911. The second-order valence-electron chi connectivity index (χ2n) is 7.04. The molecule has 0 aliphatic carbocycles. The summed E-state index contributed by atoms with van der Waals surface area (Å²) in [5.41, 5.74) is 0.538. The molecule has 1 aromatic carbocycles. The van der Waals surface area contributed by atoms with Crippen LogP contribution in [0, 0.1) is 5.82 Å². The largest absolute Gasteiger partial charge is 0.441 e. The third-order valence-electron chi connectivity index (χ3n) is 4.81. The van der Waals surface area contributed by atoms with Gasteiger partial charge in [-0.2, -0.15) is 8.42 Å². The predicted molar refractivity (Wildman–Crippen MR) is 105 cm³/mol. The number of piperazine rings is 1. The van der Waals surface area contributed by atoms with E-state index < -0.39 is 28.1 Å². The van der Waals surface area contributed by atoms with Gasteiger partial charge in [-0.25, -0.2) is 9.18 Å². The van der Waals surface area contributed by atoms with Crippen molar-refractivity contribution < 1.29 is 36.1 Å². The number of carbonyl (C=O) groups is 2. The van der Waals surface area contributed by atoms with Gasteiger partial charge in [0.1, 0.15) is 18.5 Å². The number of hydrogen-bond acceptors (Lipinski definition) is 8. The fourth-order valence-corrected chi connectivity index (χ4v) is 3.69. The molecule has 10 nitrogen and oxygen atoms in total. The maximum Gasteiger partial charge on any atom is 0.414 e. The van der Waals surface area contributed by atoms with Crippen LogP contribution in [0.2, 0.25) is 0 Å². The number of benzene rings is 1. The SMILES string of the molecule is COCCN1CCN(c2ccc(N3C[C@H](COS(C)(=O)=O)OC3=O)cc2F)CC1=O. The van der Waals surface area contributed by atoms with Crippen molar-refractivity contribution >= 4 is 33.5 Å². The number of rotatable bonds is 8. The zero-order chi connectivity index (χ0) is 21.9. The smallest absolute Gasteiger partial charge is 0.414 e. The van der Waals surface area contributed by atoms with E-state index in [4.69, 9.17) is 9.47 Å². The summed E-state index contributed by atoms with van der Waals surface area (Å²) in [7, 11) is -2.10. The van der Waals surface area contributed by atoms with Crippen LogP contribution in [0.15, 0.2) is 18.2 Å². The maximum atomic E-state index is 14.8. The third kappa shape index (κ3) is 5.37. The number of methoxy groups -OCH3 is 1. The number of hydrogen-bond donors (Lipinski definition) is 0. The second kappa shape index (κ2) is 9.14. The summed E-state index contributed by atoms with van der Waals surface area (Å²) in [6.45, 7) is 1.65. The molecular weight excluding hydrogens is 421 g/mol. The molecule has 3 rings (SSSR count). The molecule has 0 saturated carbocycles. The Balaban J connectivity index is 1.64. The van der Waals surface area contributed by atoms with Gasteiger partial charge in [0.2, 0.25) is 5.91 Å². The molecule has 0 radical (unpaired) electrons. The lowest BCUT2D eigenvalue weighted by Gasteiger charge is -2.35. The molecule has 2 amide bonds. The quantitative estimate of drug-likeness (QED) is 0.530. The van der Waals surface area contributed by atoms with Crippen molar-refractivity contribution in [3.8, 4) is 0 Å².